The standard InChI is InChI=1S/C19H19NO2/c1-14(13-22-15(2)21)20-18-11-7-6-10-17(18)12-19(20)16-8-4-3-5-9-16/h3-12,14H,13H2,1-2H3. The van der Waals surface area contributed by atoms with Gasteiger partial charge in [-0.25, -0.2) is 0 Å². The van der Waals surface area contributed by atoms with E-state index in [0.717, 1.165) is 16.8 Å². The highest BCUT2D eigenvalue weighted by atomic mass is 16.5. The monoisotopic (exact) mass is 293 g/mol. The van der Waals surface area contributed by atoms with Gasteiger partial charge in [-0.15, -0.1) is 0 Å². The van der Waals surface area contributed by atoms with Crippen LogP contribution in [0.3, 0.4) is 0 Å². The van der Waals surface area contributed by atoms with E-state index in [1.165, 1.54) is 12.3 Å². The van der Waals surface area contributed by atoms with Gasteiger partial charge in [0.15, 0.2) is 0 Å². The second-order valence-corrected chi connectivity index (χ2v) is 5.48. The fourth-order valence-corrected chi connectivity index (χ4v) is 2.79. The molecule has 0 saturated heterocycles. The van der Waals surface area contributed by atoms with Gasteiger partial charge in [0, 0.05) is 23.5 Å². The number of benzene rings is 2. The fraction of sp³-hybridized carbons (Fsp3) is 0.211. The van der Waals surface area contributed by atoms with Crippen LogP contribution in [-0.2, 0) is 9.53 Å². The molecule has 0 aliphatic carbocycles. The number of hydrogen-bond acceptors (Lipinski definition) is 2. The first-order chi connectivity index (χ1) is 10.7. The van der Waals surface area contributed by atoms with E-state index in [4.69, 9.17) is 4.74 Å². The summed E-state index contributed by atoms with van der Waals surface area (Å²) < 4.78 is 7.45. The molecule has 2 aromatic carbocycles. The Morgan fingerprint density at radius 3 is 2.50 bits per heavy atom. The zero-order chi connectivity index (χ0) is 15.5. The van der Waals surface area contributed by atoms with Crippen molar-refractivity contribution in [1.29, 1.82) is 0 Å². The smallest absolute Gasteiger partial charge is 0.302 e. The van der Waals surface area contributed by atoms with Crippen molar-refractivity contribution in [3.8, 4) is 11.3 Å². The van der Waals surface area contributed by atoms with Gasteiger partial charge in [-0.3, -0.25) is 4.79 Å². The van der Waals surface area contributed by atoms with Crippen molar-refractivity contribution in [2.75, 3.05) is 6.61 Å². The normalized spacial score (nSPS) is 12.3. The Labute approximate surface area is 130 Å². The molecule has 1 heterocycles. The molecule has 3 heteroatoms. The van der Waals surface area contributed by atoms with E-state index in [1.807, 2.05) is 30.3 Å². The lowest BCUT2D eigenvalue weighted by molar-refractivity contribution is -0.141. The van der Waals surface area contributed by atoms with E-state index < -0.39 is 0 Å². The molecule has 0 radical (unpaired) electrons. The summed E-state index contributed by atoms with van der Waals surface area (Å²) in [7, 11) is 0. The van der Waals surface area contributed by atoms with Crippen LogP contribution >= 0.6 is 0 Å². The largest absolute Gasteiger partial charge is 0.464 e. The summed E-state index contributed by atoms with van der Waals surface area (Å²) in [4.78, 5) is 11.1. The minimum absolute atomic E-state index is 0.0685. The van der Waals surface area contributed by atoms with E-state index in [-0.39, 0.29) is 12.0 Å². The Morgan fingerprint density at radius 2 is 1.77 bits per heavy atom. The third-order valence-corrected chi connectivity index (χ3v) is 3.79. The summed E-state index contributed by atoms with van der Waals surface area (Å²) in [5, 5.41) is 1.19. The second kappa shape index (κ2) is 6.06. The molecule has 0 saturated carbocycles. The number of carbonyl (C=O) groups is 1. The molecular formula is C19H19NO2. The van der Waals surface area contributed by atoms with Gasteiger partial charge in [0.1, 0.15) is 6.61 Å². The molecule has 0 aliphatic heterocycles. The predicted octanol–water partition coefficient (Wildman–Crippen LogP) is 4.43. The molecule has 1 aromatic heterocycles. The average Bonchev–Trinajstić information content (AvgIpc) is 2.93. The van der Waals surface area contributed by atoms with Crippen molar-refractivity contribution in [2.45, 2.75) is 19.9 Å². The summed E-state index contributed by atoms with van der Waals surface area (Å²) in [5.74, 6) is -0.246. The molecule has 3 aromatic rings. The van der Waals surface area contributed by atoms with Gasteiger partial charge in [-0.1, -0.05) is 48.5 Å². The lowest BCUT2D eigenvalue weighted by Crippen LogP contribution is -2.15. The topological polar surface area (TPSA) is 31.2 Å². The maximum atomic E-state index is 11.1. The lowest BCUT2D eigenvalue weighted by atomic mass is 10.1. The molecule has 0 bridgehead atoms. The molecular weight excluding hydrogens is 274 g/mol. The van der Waals surface area contributed by atoms with Crippen molar-refractivity contribution in [2.24, 2.45) is 0 Å². The van der Waals surface area contributed by atoms with E-state index in [1.54, 1.807) is 0 Å². The summed E-state index contributed by atoms with van der Waals surface area (Å²) >= 11 is 0. The van der Waals surface area contributed by atoms with Gasteiger partial charge < -0.3 is 9.30 Å². The SMILES string of the molecule is CC(=O)OCC(C)n1c(-c2ccccc2)cc2ccccc21. The van der Waals surface area contributed by atoms with Crippen LogP contribution in [-0.4, -0.2) is 17.1 Å². The third kappa shape index (κ3) is 2.75. The molecule has 22 heavy (non-hydrogen) atoms. The van der Waals surface area contributed by atoms with Gasteiger partial charge in [0.2, 0.25) is 0 Å². The zero-order valence-corrected chi connectivity index (χ0v) is 12.8. The predicted molar refractivity (Wildman–Crippen MR) is 88.7 cm³/mol. The van der Waals surface area contributed by atoms with E-state index in [2.05, 4.69) is 41.8 Å². The molecule has 0 N–H and O–H groups in total. The number of hydrogen-bond donors (Lipinski definition) is 0. The van der Waals surface area contributed by atoms with Crippen molar-refractivity contribution in [3.63, 3.8) is 0 Å². The summed E-state index contributed by atoms with van der Waals surface area (Å²) in [6, 6.07) is 20.8. The number of para-hydroxylation sites is 1. The van der Waals surface area contributed by atoms with E-state index in [9.17, 15) is 4.79 Å². The Morgan fingerprint density at radius 1 is 1.09 bits per heavy atom. The minimum Gasteiger partial charge on any atom is -0.464 e. The summed E-state index contributed by atoms with van der Waals surface area (Å²) in [6.45, 7) is 3.88. The number of ether oxygens (including phenoxy) is 1. The first-order valence-electron chi connectivity index (χ1n) is 7.45. The van der Waals surface area contributed by atoms with Crippen molar-refractivity contribution >= 4 is 16.9 Å². The maximum Gasteiger partial charge on any atom is 0.302 e. The number of nitrogens with zero attached hydrogens (tertiary/aromatic N) is 1. The van der Waals surface area contributed by atoms with Gasteiger partial charge in [0.25, 0.3) is 0 Å². The number of aromatic nitrogens is 1. The zero-order valence-electron chi connectivity index (χ0n) is 12.8. The molecule has 0 fully saturated rings. The van der Waals surface area contributed by atoms with Crippen LogP contribution in [0.1, 0.15) is 19.9 Å². The van der Waals surface area contributed by atoms with Crippen LogP contribution < -0.4 is 0 Å². The Balaban J connectivity index is 2.11. The highest BCUT2D eigenvalue weighted by Gasteiger charge is 2.16. The summed E-state index contributed by atoms with van der Waals surface area (Å²) in [5.41, 5.74) is 3.45. The van der Waals surface area contributed by atoms with Crippen LogP contribution in [0.2, 0.25) is 0 Å². The number of fused-ring (bicyclic) bond motifs is 1. The van der Waals surface area contributed by atoms with Crippen molar-refractivity contribution in [3.05, 3.63) is 60.7 Å². The Kier molecular flexibility index (Phi) is 3.96. The van der Waals surface area contributed by atoms with Gasteiger partial charge in [-0.05, 0) is 24.6 Å². The number of carbonyl (C=O) groups excluding carboxylic acids is 1. The van der Waals surface area contributed by atoms with Crippen LogP contribution in [0.4, 0.5) is 0 Å². The fourth-order valence-electron chi connectivity index (χ4n) is 2.79. The molecule has 1 atom stereocenters. The molecule has 112 valence electrons. The maximum absolute atomic E-state index is 11.1. The van der Waals surface area contributed by atoms with Gasteiger partial charge in [-0.2, -0.15) is 0 Å². The molecule has 0 aliphatic rings. The van der Waals surface area contributed by atoms with Crippen molar-refractivity contribution < 1.29 is 9.53 Å². The van der Waals surface area contributed by atoms with Crippen LogP contribution in [0.25, 0.3) is 22.2 Å². The highest BCUT2D eigenvalue weighted by molar-refractivity contribution is 5.87. The summed E-state index contributed by atoms with van der Waals surface area (Å²) in [6.07, 6.45) is 0. The number of rotatable bonds is 4. The Bertz CT molecular complexity index is 790. The van der Waals surface area contributed by atoms with E-state index >= 15 is 0 Å². The third-order valence-electron chi connectivity index (χ3n) is 3.79. The average molecular weight is 293 g/mol. The molecule has 0 spiro atoms. The molecule has 3 nitrogen and oxygen atoms in total. The van der Waals surface area contributed by atoms with Crippen molar-refractivity contribution in [1.82, 2.24) is 4.57 Å². The molecule has 3 rings (SSSR count). The van der Waals surface area contributed by atoms with E-state index in [0.29, 0.717) is 6.61 Å². The first-order valence-corrected chi connectivity index (χ1v) is 7.45. The Hall–Kier alpha value is -2.55. The van der Waals surface area contributed by atoms with Crippen LogP contribution in [0.15, 0.2) is 60.7 Å². The van der Waals surface area contributed by atoms with Gasteiger partial charge >= 0.3 is 5.97 Å². The number of esters is 1. The van der Waals surface area contributed by atoms with Crippen LogP contribution in [0.5, 0.6) is 0 Å². The molecule has 1 unspecified atom stereocenters. The molecule has 0 amide bonds. The van der Waals surface area contributed by atoms with Crippen LogP contribution in [0, 0.1) is 0 Å². The minimum atomic E-state index is -0.246. The first kappa shape index (κ1) is 14.4. The second-order valence-electron chi connectivity index (χ2n) is 5.48. The lowest BCUT2D eigenvalue weighted by Gasteiger charge is -2.19. The van der Waals surface area contributed by atoms with Gasteiger partial charge in [0.05, 0.1) is 6.04 Å². The quantitative estimate of drug-likeness (QED) is 0.666. The highest BCUT2D eigenvalue weighted by Crippen LogP contribution is 2.31.